The number of benzene rings is 1. The molecule has 0 nitrogen and oxygen atoms in total. The zero-order chi connectivity index (χ0) is 15.1. The van der Waals surface area contributed by atoms with E-state index in [1.807, 2.05) is 13.0 Å². The molecule has 2 aromatic rings. The van der Waals surface area contributed by atoms with Gasteiger partial charge in [0.05, 0.1) is 14.2 Å². The Morgan fingerprint density at radius 2 is 1.80 bits per heavy atom. The van der Waals surface area contributed by atoms with Crippen LogP contribution in [0.25, 0.3) is 0 Å². The Balaban J connectivity index is 2.46. The SMILES string of the molecule is Cc1sc(Br)cc1C(Br)c1ccc(Br)c(C(F)(F)F)c1. The van der Waals surface area contributed by atoms with Gasteiger partial charge in [-0.2, -0.15) is 13.2 Å². The molecule has 0 spiro atoms. The molecule has 1 unspecified atom stereocenters. The topological polar surface area (TPSA) is 0 Å². The van der Waals surface area contributed by atoms with Crippen LogP contribution in [0.5, 0.6) is 0 Å². The van der Waals surface area contributed by atoms with Crippen molar-refractivity contribution in [2.45, 2.75) is 17.9 Å². The van der Waals surface area contributed by atoms with Crippen LogP contribution in [0.3, 0.4) is 0 Å². The minimum atomic E-state index is -4.37. The summed E-state index contributed by atoms with van der Waals surface area (Å²) < 4.78 is 39.8. The molecule has 2 rings (SSSR count). The molecule has 108 valence electrons. The van der Waals surface area contributed by atoms with Gasteiger partial charge in [0.25, 0.3) is 0 Å². The first-order valence-electron chi connectivity index (χ1n) is 5.46. The summed E-state index contributed by atoms with van der Waals surface area (Å²) in [5.74, 6) is 0. The number of alkyl halides is 4. The van der Waals surface area contributed by atoms with E-state index >= 15 is 0 Å². The van der Waals surface area contributed by atoms with Crippen molar-refractivity contribution in [1.29, 1.82) is 0 Å². The van der Waals surface area contributed by atoms with E-state index in [2.05, 4.69) is 47.8 Å². The number of hydrogen-bond acceptors (Lipinski definition) is 1. The summed E-state index contributed by atoms with van der Waals surface area (Å²) in [5.41, 5.74) is 0.887. The zero-order valence-electron chi connectivity index (χ0n) is 10.1. The Hall–Kier alpha value is 0.150. The third-order valence-corrected chi connectivity index (χ3v) is 6.07. The molecule has 0 aliphatic rings. The van der Waals surface area contributed by atoms with E-state index in [9.17, 15) is 13.2 Å². The Bertz CT molecular complexity index is 634. The number of aryl methyl sites for hydroxylation is 1. The van der Waals surface area contributed by atoms with Gasteiger partial charge in [-0.3, -0.25) is 0 Å². The highest BCUT2D eigenvalue weighted by Crippen LogP contribution is 2.42. The lowest BCUT2D eigenvalue weighted by molar-refractivity contribution is -0.138. The summed E-state index contributed by atoms with van der Waals surface area (Å²) in [6.07, 6.45) is -4.37. The smallest absolute Gasteiger partial charge is 0.166 e. The van der Waals surface area contributed by atoms with Crippen molar-refractivity contribution < 1.29 is 13.2 Å². The number of halogens is 6. The second kappa shape index (κ2) is 6.10. The minimum absolute atomic E-state index is 0.0525. The van der Waals surface area contributed by atoms with Gasteiger partial charge >= 0.3 is 6.18 Å². The lowest BCUT2D eigenvalue weighted by Crippen LogP contribution is -2.07. The van der Waals surface area contributed by atoms with E-state index in [-0.39, 0.29) is 9.30 Å². The standard InChI is InChI=1S/C13H8Br3F3S/c1-6-8(5-11(15)20-6)12(16)7-2-3-10(14)9(4-7)13(17,18)19/h2-5,12H,1H3. The van der Waals surface area contributed by atoms with Gasteiger partial charge in [0.15, 0.2) is 0 Å². The van der Waals surface area contributed by atoms with Gasteiger partial charge in [-0.1, -0.05) is 37.9 Å². The fourth-order valence-electron chi connectivity index (χ4n) is 1.81. The molecule has 1 aromatic heterocycles. The third-order valence-electron chi connectivity index (χ3n) is 2.79. The number of hydrogen-bond donors (Lipinski definition) is 0. The maximum Gasteiger partial charge on any atom is 0.417 e. The van der Waals surface area contributed by atoms with Crippen LogP contribution in [0.4, 0.5) is 13.2 Å². The molecule has 20 heavy (non-hydrogen) atoms. The van der Waals surface area contributed by atoms with Crippen molar-refractivity contribution in [3.8, 4) is 0 Å². The van der Waals surface area contributed by atoms with Gasteiger partial charge in [0, 0.05) is 9.35 Å². The molecule has 0 aliphatic heterocycles. The first-order valence-corrected chi connectivity index (χ1v) is 8.78. The van der Waals surface area contributed by atoms with E-state index < -0.39 is 11.7 Å². The van der Waals surface area contributed by atoms with Gasteiger partial charge in [0.2, 0.25) is 0 Å². The van der Waals surface area contributed by atoms with Crippen molar-refractivity contribution >= 4 is 59.1 Å². The zero-order valence-corrected chi connectivity index (χ0v) is 15.6. The summed E-state index contributed by atoms with van der Waals surface area (Å²) in [7, 11) is 0. The van der Waals surface area contributed by atoms with E-state index in [1.165, 1.54) is 12.1 Å². The van der Waals surface area contributed by atoms with Gasteiger partial charge < -0.3 is 0 Å². The monoisotopic (exact) mass is 490 g/mol. The van der Waals surface area contributed by atoms with Gasteiger partial charge in [0.1, 0.15) is 0 Å². The summed E-state index contributed by atoms with van der Waals surface area (Å²) in [6, 6.07) is 6.22. The second-order valence-corrected chi connectivity index (χ2v) is 8.57. The van der Waals surface area contributed by atoms with E-state index in [4.69, 9.17) is 0 Å². The third kappa shape index (κ3) is 3.48. The highest BCUT2D eigenvalue weighted by Gasteiger charge is 2.33. The quantitative estimate of drug-likeness (QED) is 0.393. The molecular weight excluding hydrogens is 485 g/mol. The van der Waals surface area contributed by atoms with Crippen LogP contribution in [0.15, 0.2) is 32.5 Å². The molecule has 0 amide bonds. The van der Waals surface area contributed by atoms with E-state index in [1.54, 1.807) is 17.4 Å². The molecule has 0 fully saturated rings. The number of thiophene rings is 1. The summed E-state index contributed by atoms with van der Waals surface area (Å²) in [6.45, 7) is 1.95. The molecule has 0 bridgehead atoms. The summed E-state index contributed by atoms with van der Waals surface area (Å²) in [5, 5.41) is 0. The molecule has 7 heteroatoms. The fourth-order valence-corrected chi connectivity index (χ4v) is 4.94. The van der Waals surface area contributed by atoms with Crippen LogP contribution in [0.2, 0.25) is 0 Å². The predicted octanol–water partition coefficient (Wildman–Crippen LogP) is 7.08. The van der Waals surface area contributed by atoms with Crippen molar-refractivity contribution in [1.82, 2.24) is 0 Å². The predicted molar refractivity (Wildman–Crippen MR) is 86.7 cm³/mol. The highest BCUT2D eigenvalue weighted by molar-refractivity contribution is 9.11. The van der Waals surface area contributed by atoms with Crippen LogP contribution in [0.1, 0.15) is 26.4 Å². The van der Waals surface area contributed by atoms with Crippen molar-refractivity contribution in [2.75, 3.05) is 0 Å². The normalized spacial score (nSPS) is 13.6. The van der Waals surface area contributed by atoms with Crippen molar-refractivity contribution in [3.05, 3.63) is 54.1 Å². The summed E-state index contributed by atoms with van der Waals surface area (Å²) in [4.78, 5) is 0.800. The van der Waals surface area contributed by atoms with Crippen LogP contribution < -0.4 is 0 Å². The van der Waals surface area contributed by atoms with E-state index in [0.29, 0.717) is 5.56 Å². The van der Waals surface area contributed by atoms with Crippen molar-refractivity contribution in [2.24, 2.45) is 0 Å². The van der Waals surface area contributed by atoms with Gasteiger partial charge in [-0.25, -0.2) is 0 Å². The molecule has 0 saturated carbocycles. The highest BCUT2D eigenvalue weighted by atomic mass is 79.9. The van der Waals surface area contributed by atoms with Crippen LogP contribution in [-0.2, 0) is 6.18 Å². The first-order chi connectivity index (χ1) is 9.20. The maximum absolute atomic E-state index is 12.9. The Morgan fingerprint density at radius 3 is 2.30 bits per heavy atom. The first kappa shape index (κ1) is 16.5. The number of rotatable bonds is 2. The Morgan fingerprint density at radius 1 is 1.15 bits per heavy atom. The molecule has 0 saturated heterocycles. The average Bonchev–Trinajstić information content (AvgIpc) is 2.66. The molecule has 1 heterocycles. The maximum atomic E-state index is 12.9. The molecule has 0 N–H and O–H groups in total. The molecule has 0 aliphatic carbocycles. The summed E-state index contributed by atoms with van der Waals surface area (Å²) >= 11 is 11.4. The van der Waals surface area contributed by atoms with Crippen LogP contribution >= 0.6 is 59.1 Å². The molecule has 1 aromatic carbocycles. The van der Waals surface area contributed by atoms with Crippen molar-refractivity contribution in [3.63, 3.8) is 0 Å². The fraction of sp³-hybridized carbons (Fsp3) is 0.231. The molecule has 1 atom stereocenters. The van der Waals surface area contributed by atoms with Crippen LogP contribution in [-0.4, -0.2) is 0 Å². The lowest BCUT2D eigenvalue weighted by Gasteiger charge is -2.15. The lowest BCUT2D eigenvalue weighted by atomic mass is 10.0. The Labute approximate surface area is 143 Å². The van der Waals surface area contributed by atoms with Gasteiger partial charge in [-0.05, 0) is 52.2 Å². The molecular formula is C13H8Br3F3S. The minimum Gasteiger partial charge on any atom is -0.166 e. The Kier molecular flexibility index (Phi) is 5.04. The average molecular weight is 493 g/mol. The van der Waals surface area contributed by atoms with Gasteiger partial charge in [-0.15, -0.1) is 11.3 Å². The molecule has 0 radical (unpaired) electrons. The van der Waals surface area contributed by atoms with E-state index in [0.717, 1.165) is 14.2 Å². The second-order valence-electron chi connectivity index (χ2n) is 4.16. The van der Waals surface area contributed by atoms with Crippen LogP contribution in [0, 0.1) is 6.92 Å². The largest absolute Gasteiger partial charge is 0.417 e.